The second-order valence-electron chi connectivity index (χ2n) is 2.30. The molecule has 0 radical (unpaired) electrons. The van der Waals surface area contributed by atoms with E-state index >= 15 is 0 Å². The maximum atomic E-state index is 3.94. The van der Waals surface area contributed by atoms with Crippen LogP contribution in [-0.2, 0) is 6.42 Å². The van der Waals surface area contributed by atoms with Gasteiger partial charge >= 0.3 is 0 Å². The minimum absolute atomic E-state index is 0. The third-order valence-corrected chi connectivity index (χ3v) is 1.60. The number of aromatic nitrogens is 2. The Balaban J connectivity index is 0.000000605. The Morgan fingerprint density at radius 3 is 3.50 bits per heavy atom. The third-order valence-electron chi connectivity index (χ3n) is 1.60. The summed E-state index contributed by atoms with van der Waals surface area (Å²) in [5, 5.41) is 6.86. The van der Waals surface area contributed by atoms with E-state index in [4.69, 9.17) is 0 Å². The fourth-order valence-electron chi connectivity index (χ4n) is 1.05. The molecule has 0 fully saturated rings. The summed E-state index contributed by atoms with van der Waals surface area (Å²) >= 11 is 0. The van der Waals surface area contributed by atoms with Crippen molar-refractivity contribution in [1.82, 2.24) is 10.2 Å². The maximum absolute atomic E-state index is 3.94. The van der Waals surface area contributed by atoms with Crippen LogP contribution in [-0.4, -0.2) is 10.2 Å². The van der Waals surface area contributed by atoms with Crippen molar-refractivity contribution in [3.05, 3.63) is 35.7 Å². The molecule has 10 heavy (non-hydrogen) atoms. The zero-order valence-electron chi connectivity index (χ0n) is 5.54. The fraction of sp³-hybridized carbons (Fsp3) is 0.125. The highest BCUT2D eigenvalue weighted by molar-refractivity contribution is 5.52. The Bertz CT molecular complexity index is 286. The van der Waals surface area contributed by atoms with Gasteiger partial charge in [-0.2, -0.15) is 5.10 Å². The Hall–Kier alpha value is -1.31. The lowest BCUT2D eigenvalue weighted by Crippen LogP contribution is -1.78. The molecular formula is C8H10N2. The van der Waals surface area contributed by atoms with E-state index in [0.717, 1.165) is 12.1 Å². The predicted octanol–water partition coefficient (Wildman–Crippen LogP) is 1.78. The van der Waals surface area contributed by atoms with E-state index < -0.39 is 0 Å². The van der Waals surface area contributed by atoms with Crippen LogP contribution in [0.25, 0.3) is 6.08 Å². The first-order valence-electron chi connectivity index (χ1n) is 3.32. The number of nitrogens with one attached hydrogen (secondary N) is 1. The maximum Gasteiger partial charge on any atom is 0.0612 e. The van der Waals surface area contributed by atoms with Crippen molar-refractivity contribution in [1.29, 1.82) is 0 Å². The van der Waals surface area contributed by atoms with Gasteiger partial charge in [-0.3, -0.25) is 5.10 Å². The van der Waals surface area contributed by atoms with E-state index in [9.17, 15) is 0 Å². The van der Waals surface area contributed by atoms with Gasteiger partial charge in [-0.1, -0.05) is 18.2 Å². The van der Waals surface area contributed by atoms with Crippen molar-refractivity contribution in [2.45, 2.75) is 6.42 Å². The first kappa shape index (κ1) is 5.47. The van der Waals surface area contributed by atoms with Gasteiger partial charge in [-0.15, -0.1) is 0 Å². The monoisotopic (exact) mass is 134 g/mol. The first-order chi connectivity index (χ1) is 4.97. The molecule has 1 aliphatic carbocycles. The van der Waals surface area contributed by atoms with E-state index in [1.165, 1.54) is 5.56 Å². The smallest absolute Gasteiger partial charge is 0.0612 e. The summed E-state index contributed by atoms with van der Waals surface area (Å²) in [6.45, 7) is 0. The number of allylic oxidation sites excluding steroid dienone is 3. The van der Waals surface area contributed by atoms with Gasteiger partial charge in [0.05, 0.1) is 11.9 Å². The van der Waals surface area contributed by atoms with E-state index in [-0.39, 0.29) is 1.43 Å². The zero-order valence-corrected chi connectivity index (χ0v) is 5.54. The molecule has 0 spiro atoms. The normalized spacial score (nSPS) is 14.8. The van der Waals surface area contributed by atoms with Crippen molar-refractivity contribution in [2.24, 2.45) is 0 Å². The lowest BCUT2D eigenvalue weighted by Gasteiger charge is -1.87. The van der Waals surface area contributed by atoms with E-state index in [1.54, 1.807) is 0 Å². The molecule has 2 nitrogen and oxygen atoms in total. The minimum atomic E-state index is 0. The molecule has 0 saturated heterocycles. The van der Waals surface area contributed by atoms with E-state index in [2.05, 4.69) is 16.3 Å². The number of H-pyrrole nitrogens is 1. The highest BCUT2D eigenvalue weighted by Gasteiger charge is 1.99. The standard InChI is InChI=1S/C8H8N2.H2/c1-2-4-7-6-9-10-8(7)5-3-1;/h1-3,5-6H,4H2,(H,9,10);1H. The highest BCUT2D eigenvalue weighted by atomic mass is 15.1. The zero-order chi connectivity index (χ0) is 6.81. The highest BCUT2D eigenvalue weighted by Crippen LogP contribution is 2.10. The summed E-state index contributed by atoms with van der Waals surface area (Å²) < 4.78 is 0. The molecule has 0 bridgehead atoms. The van der Waals surface area contributed by atoms with Crippen molar-refractivity contribution in [3.8, 4) is 0 Å². The number of fused-ring (bicyclic) bond motifs is 1. The van der Waals surface area contributed by atoms with Gasteiger partial charge in [0.1, 0.15) is 0 Å². The van der Waals surface area contributed by atoms with Crippen LogP contribution in [0.5, 0.6) is 0 Å². The van der Waals surface area contributed by atoms with Gasteiger partial charge < -0.3 is 0 Å². The van der Waals surface area contributed by atoms with Crippen LogP contribution in [0.15, 0.2) is 24.4 Å². The van der Waals surface area contributed by atoms with Gasteiger partial charge in [-0.25, -0.2) is 0 Å². The third kappa shape index (κ3) is 0.778. The van der Waals surface area contributed by atoms with Crippen molar-refractivity contribution >= 4 is 6.08 Å². The van der Waals surface area contributed by atoms with Gasteiger partial charge in [0.25, 0.3) is 0 Å². The van der Waals surface area contributed by atoms with Crippen LogP contribution in [0.4, 0.5) is 0 Å². The van der Waals surface area contributed by atoms with E-state index in [1.807, 2.05) is 24.4 Å². The van der Waals surface area contributed by atoms with Crippen LogP contribution in [0.1, 0.15) is 12.7 Å². The molecule has 1 aliphatic rings. The van der Waals surface area contributed by atoms with Crippen LogP contribution < -0.4 is 0 Å². The topological polar surface area (TPSA) is 28.7 Å². The lowest BCUT2D eigenvalue weighted by molar-refractivity contribution is 1.08. The molecule has 52 valence electrons. The molecule has 2 heteroatoms. The largest absolute Gasteiger partial charge is 0.278 e. The molecule has 0 atom stereocenters. The van der Waals surface area contributed by atoms with Gasteiger partial charge in [-0.05, 0) is 12.5 Å². The minimum Gasteiger partial charge on any atom is -0.278 e. The number of hydrogen-bond donors (Lipinski definition) is 1. The quantitative estimate of drug-likeness (QED) is 0.575. The molecule has 0 aromatic carbocycles. The van der Waals surface area contributed by atoms with Gasteiger partial charge in [0, 0.05) is 6.99 Å². The summed E-state index contributed by atoms with van der Waals surface area (Å²) in [5.74, 6) is 0. The van der Waals surface area contributed by atoms with Crippen molar-refractivity contribution in [3.63, 3.8) is 0 Å². The Morgan fingerprint density at radius 1 is 1.50 bits per heavy atom. The molecule has 1 heterocycles. The molecule has 0 amide bonds. The van der Waals surface area contributed by atoms with Crippen LogP contribution in [0.3, 0.4) is 0 Å². The fourth-order valence-corrected chi connectivity index (χ4v) is 1.05. The van der Waals surface area contributed by atoms with Crippen LogP contribution in [0, 0.1) is 0 Å². The molecule has 0 aliphatic heterocycles. The summed E-state index contributed by atoms with van der Waals surface area (Å²) in [5.41, 5.74) is 2.40. The average Bonchev–Trinajstić information content (AvgIpc) is 2.28. The number of nitrogens with zero attached hydrogens (tertiary/aromatic N) is 1. The average molecular weight is 134 g/mol. The Morgan fingerprint density at radius 2 is 2.50 bits per heavy atom. The first-order valence-corrected chi connectivity index (χ1v) is 3.32. The summed E-state index contributed by atoms with van der Waals surface area (Å²) in [6.07, 6.45) is 11.1. The molecule has 1 aromatic heterocycles. The molecule has 0 saturated carbocycles. The summed E-state index contributed by atoms with van der Waals surface area (Å²) in [7, 11) is 0. The van der Waals surface area contributed by atoms with E-state index in [0.29, 0.717) is 0 Å². The lowest BCUT2D eigenvalue weighted by atomic mass is 10.2. The Kier molecular flexibility index (Phi) is 1.17. The van der Waals surface area contributed by atoms with Gasteiger partial charge in [0.2, 0.25) is 0 Å². The van der Waals surface area contributed by atoms with Crippen LogP contribution >= 0.6 is 0 Å². The summed E-state index contributed by atoms with van der Waals surface area (Å²) in [4.78, 5) is 0. The number of hydrogen-bond acceptors (Lipinski definition) is 1. The second-order valence-corrected chi connectivity index (χ2v) is 2.30. The molecule has 1 aromatic rings. The van der Waals surface area contributed by atoms with Gasteiger partial charge in [0.15, 0.2) is 0 Å². The van der Waals surface area contributed by atoms with Crippen LogP contribution in [0.2, 0.25) is 0 Å². The Labute approximate surface area is 60.8 Å². The molecular weight excluding hydrogens is 124 g/mol. The molecule has 1 N–H and O–H groups in total. The van der Waals surface area contributed by atoms with Crippen molar-refractivity contribution in [2.75, 3.05) is 0 Å². The van der Waals surface area contributed by atoms with Crippen molar-refractivity contribution < 1.29 is 1.43 Å². The predicted molar refractivity (Wildman–Crippen MR) is 42.6 cm³/mol. The molecule has 0 unspecified atom stereocenters. The summed E-state index contributed by atoms with van der Waals surface area (Å²) in [6, 6.07) is 0. The molecule has 2 rings (SSSR count). The number of aromatic amines is 1. The SMILES string of the molecule is C1=CCc2cn[nH]c2C=C1.[HH]. The second kappa shape index (κ2) is 2.14. The number of rotatable bonds is 0.